The van der Waals surface area contributed by atoms with Gasteiger partial charge in [-0.3, -0.25) is 9.59 Å². The van der Waals surface area contributed by atoms with Crippen molar-refractivity contribution in [1.82, 2.24) is 10.6 Å². The first-order chi connectivity index (χ1) is 38.7. The van der Waals surface area contributed by atoms with Crippen molar-refractivity contribution in [2.24, 2.45) is 0 Å². The van der Waals surface area contributed by atoms with Gasteiger partial charge in [0.25, 0.3) is 0 Å². The van der Waals surface area contributed by atoms with Gasteiger partial charge < -0.3 is 164 Å². The smallest absolute Gasteiger partial charge is 0.217 e. The van der Waals surface area contributed by atoms with E-state index in [2.05, 4.69) is 10.6 Å². The second-order valence-corrected chi connectivity index (χ2v) is 21.2. The van der Waals surface area contributed by atoms with Crippen LogP contribution in [0.2, 0.25) is 0 Å². The highest BCUT2D eigenvalue weighted by Gasteiger charge is 2.60. The number of nitrogens with one attached hydrogen (secondary N) is 2. The Balaban J connectivity index is 1.25. The minimum atomic E-state index is -2.27. The van der Waals surface area contributed by atoms with Gasteiger partial charge in [0.1, 0.15) is 152 Å². The summed E-state index contributed by atoms with van der Waals surface area (Å²) in [6.07, 6.45) is -60.5. The molecule has 0 bridgehead atoms. The van der Waals surface area contributed by atoms with Gasteiger partial charge in [0, 0.05) is 21.0 Å². The first kappa shape index (κ1) is 67.2. The molecule has 0 radical (unpaired) electrons. The van der Waals surface area contributed by atoms with Gasteiger partial charge in [-0.25, -0.2) is 0 Å². The number of aliphatic hydroxyl groups is 17. The predicted octanol–water partition coefficient (Wildman–Crippen LogP) is -12.3. The van der Waals surface area contributed by atoms with E-state index < -0.39 is 253 Å². The van der Waals surface area contributed by atoms with Crippen molar-refractivity contribution in [3.8, 4) is 0 Å². The van der Waals surface area contributed by atoms with Crippen LogP contribution in [-0.2, 0) is 75.9 Å². The fourth-order valence-electron chi connectivity index (χ4n) is 10.8. The average Bonchev–Trinajstić information content (AvgIpc) is 3.46. The summed E-state index contributed by atoms with van der Waals surface area (Å²) in [5, 5.41) is 191. The number of ether oxygens (including phenoxy) is 14. The Kier molecular flexibility index (Phi) is 23.5. The molecule has 7 fully saturated rings. The first-order valence-corrected chi connectivity index (χ1v) is 26.6. The maximum Gasteiger partial charge on any atom is 0.217 e. The standard InChI is InChI=1S/C47H80N2O33/c1-11-22(56)27(61)31(65)43(70-11)79-37-20(48-14(4)54)41(69-6)75-18(9-52)35(37)77-46-34(68)39(26(60)17(8-51)73-46)81-42-21(49-15(5)55)38(80-44-32(66)28(62)23(57)12(2)71-44)36(19(10-53)76-42)78-47-40(30(64)25(59)16(7-50)74-47)82-45-33(67)29(63)24(58)13(3)72-45/h11-13,16-47,50-53,56-68H,7-10H2,1-6H3,(H,48,54)(H,49,55)/t11?,12?,13?,16-,17-,18?,19?,20?,21?,22+,23+,24+,25-,26-,27-,28-,29?,30?,31?,32?,33?,34?,35+,36+,37?,38?,39?,40?,41+,42-,43-,44-,45-,46-,47-/m0/s1. The van der Waals surface area contributed by atoms with Crippen LogP contribution in [0.4, 0.5) is 0 Å². The molecule has 19 N–H and O–H groups in total. The van der Waals surface area contributed by atoms with Gasteiger partial charge in [0.05, 0.1) is 44.7 Å². The van der Waals surface area contributed by atoms with Gasteiger partial charge in [0.2, 0.25) is 11.8 Å². The minimum absolute atomic E-state index is 0.702. The van der Waals surface area contributed by atoms with Gasteiger partial charge in [-0.05, 0) is 20.8 Å². The number of amides is 2. The van der Waals surface area contributed by atoms with Crippen molar-refractivity contribution in [1.29, 1.82) is 0 Å². The number of hydrogen-bond acceptors (Lipinski definition) is 33. The largest absolute Gasteiger partial charge is 0.394 e. The molecule has 0 aromatic rings. The van der Waals surface area contributed by atoms with E-state index in [0.29, 0.717) is 0 Å². The van der Waals surface area contributed by atoms with Crippen molar-refractivity contribution < 1.29 is 163 Å². The molecule has 0 spiro atoms. The van der Waals surface area contributed by atoms with Crippen molar-refractivity contribution in [2.75, 3.05) is 33.5 Å². The van der Waals surface area contributed by atoms with Crippen LogP contribution < -0.4 is 10.6 Å². The maximum atomic E-state index is 13.3. The van der Waals surface area contributed by atoms with Gasteiger partial charge in [-0.2, -0.15) is 0 Å². The Labute approximate surface area is 467 Å². The summed E-state index contributed by atoms with van der Waals surface area (Å²) in [7, 11) is 1.17. The number of methoxy groups -OCH3 is 1. The topological polar surface area (TPSA) is 531 Å². The van der Waals surface area contributed by atoms with Gasteiger partial charge in [-0.15, -0.1) is 0 Å². The van der Waals surface area contributed by atoms with Gasteiger partial charge >= 0.3 is 0 Å². The second-order valence-electron chi connectivity index (χ2n) is 21.2. The van der Waals surface area contributed by atoms with Crippen LogP contribution in [-0.4, -0.2) is 347 Å². The molecule has 0 aliphatic carbocycles. The molecular weight excluding hydrogens is 1120 g/mol. The maximum absolute atomic E-state index is 13.3. The molecule has 2 amide bonds. The lowest BCUT2D eigenvalue weighted by atomic mass is 9.93. The molecule has 0 saturated carbocycles. The highest BCUT2D eigenvalue weighted by atomic mass is 16.8. The van der Waals surface area contributed by atoms with Crippen LogP contribution in [0.25, 0.3) is 0 Å². The predicted molar refractivity (Wildman–Crippen MR) is 256 cm³/mol. The van der Waals surface area contributed by atoms with Crippen LogP contribution in [0, 0.1) is 0 Å². The Morgan fingerprint density at radius 1 is 0.329 bits per heavy atom. The van der Waals surface area contributed by atoms with E-state index in [0.717, 1.165) is 13.8 Å². The molecule has 0 aromatic heterocycles. The molecule has 35 nitrogen and oxygen atoms in total. The van der Waals surface area contributed by atoms with E-state index in [-0.39, 0.29) is 0 Å². The minimum Gasteiger partial charge on any atom is -0.394 e. The van der Waals surface area contributed by atoms with Gasteiger partial charge in [-0.1, -0.05) is 0 Å². The summed E-state index contributed by atoms with van der Waals surface area (Å²) in [5.41, 5.74) is 0. The summed E-state index contributed by atoms with van der Waals surface area (Å²) in [5.74, 6) is -1.61. The number of hydrogen-bond donors (Lipinski definition) is 19. The third-order valence-corrected chi connectivity index (χ3v) is 15.4. The third kappa shape index (κ3) is 14.2. The molecule has 35 heteroatoms. The van der Waals surface area contributed by atoms with Crippen molar-refractivity contribution >= 4 is 11.8 Å². The monoisotopic (exact) mass is 1200 g/mol. The lowest BCUT2D eigenvalue weighted by Gasteiger charge is -2.52. The number of aliphatic hydroxyl groups excluding tert-OH is 17. The highest BCUT2D eigenvalue weighted by molar-refractivity contribution is 5.73. The van der Waals surface area contributed by atoms with E-state index >= 15 is 0 Å². The van der Waals surface area contributed by atoms with Crippen molar-refractivity contribution in [3.63, 3.8) is 0 Å². The highest BCUT2D eigenvalue weighted by Crippen LogP contribution is 2.39. The zero-order chi connectivity index (χ0) is 60.5. The third-order valence-electron chi connectivity index (χ3n) is 15.4. The quantitative estimate of drug-likeness (QED) is 0.0571. The fraction of sp³-hybridized carbons (Fsp3) is 0.957. The lowest BCUT2D eigenvalue weighted by Crippen LogP contribution is -2.72. The molecule has 0 aromatic carbocycles. The zero-order valence-corrected chi connectivity index (χ0v) is 45.2. The average molecular weight is 1200 g/mol. The molecule has 82 heavy (non-hydrogen) atoms. The normalized spacial score (nSPS) is 51.3. The van der Waals surface area contributed by atoms with E-state index in [1.165, 1.54) is 27.9 Å². The van der Waals surface area contributed by atoms with E-state index in [1.807, 2.05) is 0 Å². The van der Waals surface area contributed by atoms with E-state index in [1.54, 1.807) is 0 Å². The fourth-order valence-corrected chi connectivity index (χ4v) is 10.8. The molecule has 7 saturated heterocycles. The van der Waals surface area contributed by atoms with Gasteiger partial charge in [0.15, 0.2) is 44.0 Å². The molecule has 17 unspecified atom stereocenters. The number of carbonyl (C=O) groups excluding carboxylic acids is 2. The number of rotatable bonds is 19. The van der Waals surface area contributed by atoms with Crippen LogP contribution >= 0.6 is 0 Å². The van der Waals surface area contributed by atoms with Crippen LogP contribution in [0.1, 0.15) is 34.6 Å². The summed E-state index contributed by atoms with van der Waals surface area (Å²) >= 11 is 0. The van der Waals surface area contributed by atoms with Crippen molar-refractivity contribution in [2.45, 2.75) is 249 Å². The first-order valence-electron chi connectivity index (χ1n) is 26.6. The molecule has 35 atom stereocenters. The van der Waals surface area contributed by atoms with Crippen molar-refractivity contribution in [3.05, 3.63) is 0 Å². The Hall–Kier alpha value is -2.30. The Morgan fingerprint density at radius 2 is 0.646 bits per heavy atom. The van der Waals surface area contributed by atoms with Crippen LogP contribution in [0.15, 0.2) is 0 Å². The molecule has 7 heterocycles. The summed E-state index contributed by atoms with van der Waals surface area (Å²) in [6, 6.07) is -3.33. The van der Waals surface area contributed by atoms with Crippen LogP contribution in [0.5, 0.6) is 0 Å². The van der Waals surface area contributed by atoms with E-state index in [9.17, 15) is 96.4 Å². The summed E-state index contributed by atoms with van der Waals surface area (Å²) in [4.78, 5) is 26.0. The summed E-state index contributed by atoms with van der Waals surface area (Å²) in [6.45, 7) is 1.96. The number of carbonyl (C=O) groups is 2. The lowest BCUT2D eigenvalue weighted by molar-refractivity contribution is -0.402. The molecule has 7 rings (SSSR count). The van der Waals surface area contributed by atoms with E-state index in [4.69, 9.17) is 66.3 Å². The SMILES string of the molecule is CO[C@@H]1OC(CO)[C@@H](O[C@@H]2O[C@@H](CO)[C@H](O)C(O[C@@H]3OC(CO)[C@@H](O[C@@H]4O[C@@H](CO)[C@H](O)C(O)C4O[C@@H]4OC(C)[C@@H](O)C(O)C4O)C(O[C@@H]4OC(C)[C@@H](O)[C@H](O)C4O)C3NC(C)=O)C2O)C(O[C@@H]2OC(C)[C@@H](O)[C@H](O)C2O)C1NC(C)=O. The molecule has 476 valence electrons. The van der Waals surface area contributed by atoms with Crippen LogP contribution in [0.3, 0.4) is 0 Å². The molecule has 7 aliphatic heterocycles. The molecule has 7 aliphatic rings. The molecular formula is C47H80N2O33. The Morgan fingerprint density at radius 3 is 1.05 bits per heavy atom. The summed E-state index contributed by atoms with van der Waals surface area (Å²) < 4.78 is 83.5. The zero-order valence-electron chi connectivity index (χ0n) is 45.2. The second kappa shape index (κ2) is 28.7. The Bertz CT molecular complexity index is 2030.